The fraction of sp³-hybridized carbons (Fsp3) is 0.381. The Bertz CT molecular complexity index is 934. The molecule has 2 aromatic carbocycles. The van der Waals surface area contributed by atoms with Crippen molar-refractivity contribution in [2.45, 2.75) is 32.7 Å². The maximum Gasteiger partial charge on any atom is 0.232 e. The number of nitrogens with zero attached hydrogens (tertiary/aromatic N) is 1. The Balaban J connectivity index is 1.82. The molecule has 0 bridgehead atoms. The Hall–Kier alpha value is -2.25. The molecule has 29 heavy (non-hydrogen) atoms. The third-order valence-corrected chi connectivity index (χ3v) is 5.68. The van der Waals surface area contributed by atoms with Gasteiger partial charge in [0.25, 0.3) is 0 Å². The van der Waals surface area contributed by atoms with Gasteiger partial charge in [-0.1, -0.05) is 35.9 Å². The first-order valence-electron chi connectivity index (χ1n) is 9.38. The summed E-state index contributed by atoms with van der Waals surface area (Å²) in [7, 11) is -3.48. The van der Waals surface area contributed by atoms with Crippen molar-refractivity contribution >= 4 is 33.2 Å². The van der Waals surface area contributed by atoms with Crippen LogP contribution in [0.2, 0.25) is 5.02 Å². The van der Waals surface area contributed by atoms with Crippen LogP contribution >= 0.6 is 11.6 Å². The number of carbonyl (C=O) groups excluding carboxylic acids is 1. The fourth-order valence-electron chi connectivity index (χ4n) is 2.82. The molecular formula is C21H27ClN2O4S. The summed E-state index contributed by atoms with van der Waals surface area (Å²) in [5.74, 6) is 0.643. The summed E-state index contributed by atoms with van der Waals surface area (Å²) in [6.45, 7) is 4.38. The van der Waals surface area contributed by atoms with E-state index in [0.717, 1.165) is 17.6 Å². The molecule has 0 unspecified atom stereocenters. The van der Waals surface area contributed by atoms with Gasteiger partial charge >= 0.3 is 0 Å². The van der Waals surface area contributed by atoms with Crippen molar-refractivity contribution in [2.75, 3.05) is 23.7 Å². The van der Waals surface area contributed by atoms with Crippen molar-refractivity contribution in [1.82, 2.24) is 5.32 Å². The lowest BCUT2D eigenvalue weighted by atomic mass is 10.2. The Kier molecular flexibility index (Phi) is 8.34. The molecule has 0 aliphatic heterocycles. The maximum atomic E-state index is 12.2. The highest BCUT2D eigenvalue weighted by Crippen LogP contribution is 2.22. The zero-order chi connectivity index (χ0) is 21.4. The van der Waals surface area contributed by atoms with Gasteiger partial charge in [-0.25, -0.2) is 8.42 Å². The van der Waals surface area contributed by atoms with Crippen molar-refractivity contribution in [3.05, 3.63) is 59.1 Å². The van der Waals surface area contributed by atoms with Crippen LogP contribution in [0.1, 0.15) is 25.3 Å². The summed E-state index contributed by atoms with van der Waals surface area (Å²) < 4.78 is 31.2. The summed E-state index contributed by atoms with van der Waals surface area (Å²) >= 11 is 5.97. The van der Waals surface area contributed by atoms with Crippen molar-refractivity contribution in [1.29, 1.82) is 0 Å². The molecular weight excluding hydrogens is 412 g/mol. The number of aryl methyl sites for hydroxylation is 1. The van der Waals surface area contributed by atoms with Gasteiger partial charge < -0.3 is 10.1 Å². The number of amides is 1. The first-order valence-corrected chi connectivity index (χ1v) is 11.6. The molecule has 158 valence electrons. The lowest BCUT2D eigenvalue weighted by Gasteiger charge is -2.22. The first kappa shape index (κ1) is 23.0. The van der Waals surface area contributed by atoms with E-state index in [1.54, 1.807) is 24.3 Å². The fourth-order valence-corrected chi connectivity index (χ4v) is 3.96. The molecule has 1 amide bonds. The van der Waals surface area contributed by atoms with Gasteiger partial charge in [-0.3, -0.25) is 9.10 Å². The van der Waals surface area contributed by atoms with Gasteiger partial charge in [0, 0.05) is 18.0 Å². The second-order valence-electron chi connectivity index (χ2n) is 6.96. The molecule has 6 nitrogen and oxygen atoms in total. The van der Waals surface area contributed by atoms with Crippen LogP contribution in [0.4, 0.5) is 5.69 Å². The number of para-hydroxylation sites is 1. The molecule has 0 radical (unpaired) electrons. The Labute approximate surface area is 177 Å². The summed E-state index contributed by atoms with van der Waals surface area (Å²) in [6, 6.07) is 14.2. The monoisotopic (exact) mass is 438 g/mol. The number of rotatable bonds is 10. The number of anilines is 1. The number of hydrogen-bond donors (Lipinski definition) is 1. The van der Waals surface area contributed by atoms with E-state index in [1.165, 1.54) is 4.31 Å². The normalized spacial score (nSPS) is 12.3. The van der Waals surface area contributed by atoms with Crippen LogP contribution < -0.4 is 14.4 Å². The van der Waals surface area contributed by atoms with Crippen molar-refractivity contribution in [3.8, 4) is 5.75 Å². The van der Waals surface area contributed by atoms with E-state index in [9.17, 15) is 13.2 Å². The Morgan fingerprint density at radius 3 is 2.59 bits per heavy atom. The van der Waals surface area contributed by atoms with Gasteiger partial charge in [0.2, 0.25) is 15.9 Å². The van der Waals surface area contributed by atoms with E-state index < -0.39 is 10.0 Å². The van der Waals surface area contributed by atoms with Crippen LogP contribution in [0.5, 0.6) is 5.75 Å². The van der Waals surface area contributed by atoms with E-state index in [1.807, 2.05) is 38.1 Å². The minimum Gasteiger partial charge on any atom is -0.491 e. The second-order valence-corrected chi connectivity index (χ2v) is 9.31. The van der Waals surface area contributed by atoms with Crippen LogP contribution in [0.3, 0.4) is 0 Å². The lowest BCUT2D eigenvalue weighted by molar-refractivity contribution is -0.121. The molecule has 0 aliphatic rings. The van der Waals surface area contributed by atoms with E-state index in [0.29, 0.717) is 23.7 Å². The molecule has 0 spiro atoms. The van der Waals surface area contributed by atoms with E-state index in [2.05, 4.69) is 5.32 Å². The summed E-state index contributed by atoms with van der Waals surface area (Å²) in [4.78, 5) is 12.2. The van der Waals surface area contributed by atoms with Gasteiger partial charge in [0.1, 0.15) is 12.4 Å². The van der Waals surface area contributed by atoms with Crippen molar-refractivity contribution < 1.29 is 17.9 Å². The van der Waals surface area contributed by atoms with E-state index in [-0.39, 0.29) is 24.9 Å². The second kappa shape index (κ2) is 10.5. The van der Waals surface area contributed by atoms with Crippen LogP contribution in [-0.2, 0) is 14.8 Å². The number of halogens is 1. The van der Waals surface area contributed by atoms with Crippen LogP contribution in [0, 0.1) is 6.92 Å². The molecule has 0 fully saturated rings. The van der Waals surface area contributed by atoms with Gasteiger partial charge in [0.05, 0.1) is 18.0 Å². The topological polar surface area (TPSA) is 75.7 Å². The summed E-state index contributed by atoms with van der Waals surface area (Å²) in [5, 5.41) is 3.33. The SMILES string of the molecule is Cc1ccccc1OC[C@H](C)NC(=O)CCCN(c1cccc(Cl)c1)S(C)(=O)=O. The zero-order valence-electron chi connectivity index (χ0n) is 16.9. The van der Waals surface area contributed by atoms with E-state index >= 15 is 0 Å². The largest absolute Gasteiger partial charge is 0.491 e. The van der Waals surface area contributed by atoms with Crippen LogP contribution in [0.15, 0.2) is 48.5 Å². The van der Waals surface area contributed by atoms with Gasteiger partial charge in [-0.05, 0) is 50.1 Å². The van der Waals surface area contributed by atoms with Crippen molar-refractivity contribution in [2.24, 2.45) is 0 Å². The third-order valence-electron chi connectivity index (χ3n) is 4.25. The molecule has 0 heterocycles. The predicted octanol–water partition coefficient (Wildman–Crippen LogP) is 3.78. The van der Waals surface area contributed by atoms with Crippen LogP contribution in [0.25, 0.3) is 0 Å². The summed E-state index contributed by atoms with van der Waals surface area (Å²) in [6.07, 6.45) is 1.73. The molecule has 0 aliphatic carbocycles. The molecule has 1 atom stereocenters. The molecule has 0 saturated carbocycles. The Morgan fingerprint density at radius 1 is 1.21 bits per heavy atom. The maximum absolute atomic E-state index is 12.2. The molecule has 0 aromatic heterocycles. The smallest absolute Gasteiger partial charge is 0.232 e. The number of ether oxygens (including phenoxy) is 1. The Morgan fingerprint density at radius 2 is 1.93 bits per heavy atom. The quantitative estimate of drug-likeness (QED) is 0.612. The molecule has 2 rings (SSSR count). The van der Waals surface area contributed by atoms with E-state index in [4.69, 9.17) is 16.3 Å². The molecule has 0 saturated heterocycles. The first-order chi connectivity index (χ1) is 13.7. The van der Waals surface area contributed by atoms with Crippen molar-refractivity contribution in [3.63, 3.8) is 0 Å². The average Bonchev–Trinajstić information content (AvgIpc) is 2.63. The highest BCUT2D eigenvalue weighted by atomic mass is 35.5. The standard InChI is InChI=1S/C21H27ClN2O4S/c1-16-8-4-5-11-20(16)28-15-17(2)23-21(25)12-7-13-24(29(3,26)27)19-10-6-9-18(22)14-19/h4-6,8-11,14,17H,7,12-13,15H2,1-3H3,(H,23,25)/t17-/m0/s1. The van der Waals surface area contributed by atoms with Gasteiger partial charge in [-0.2, -0.15) is 0 Å². The van der Waals surface area contributed by atoms with Crippen LogP contribution in [-0.4, -0.2) is 39.8 Å². The third kappa shape index (κ3) is 7.59. The number of carbonyl (C=O) groups is 1. The molecule has 8 heteroatoms. The lowest BCUT2D eigenvalue weighted by Crippen LogP contribution is -2.37. The number of sulfonamides is 1. The average molecular weight is 439 g/mol. The predicted molar refractivity (Wildman–Crippen MR) is 117 cm³/mol. The zero-order valence-corrected chi connectivity index (χ0v) is 18.5. The highest BCUT2D eigenvalue weighted by Gasteiger charge is 2.18. The number of nitrogens with one attached hydrogen (secondary N) is 1. The minimum atomic E-state index is -3.48. The number of benzene rings is 2. The van der Waals surface area contributed by atoms with Gasteiger partial charge in [0.15, 0.2) is 0 Å². The highest BCUT2D eigenvalue weighted by molar-refractivity contribution is 7.92. The number of hydrogen-bond acceptors (Lipinski definition) is 4. The minimum absolute atomic E-state index is 0.148. The molecule has 2 aromatic rings. The molecule has 1 N–H and O–H groups in total. The summed E-state index contributed by atoms with van der Waals surface area (Å²) in [5.41, 5.74) is 1.52. The van der Waals surface area contributed by atoms with Gasteiger partial charge in [-0.15, -0.1) is 0 Å².